The first kappa shape index (κ1) is 29.5. The van der Waals surface area contributed by atoms with E-state index in [1.165, 1.54) is 27.1 Å². The molecular weight excluding hydrogens is 647 g/mol. The molecule has 11 rings (SSSR count). The molecule has 0 N–H and O–H groups in total. The molecule has 2 heterocycles. The monoisotopic (exact) mass is 675 g/mol. The summed E-state index contributed by atoms with van der Waals surface area (Å²) >= 11 is 0. The highest BCUT2D eigenvalue weighted by molar-refractivity contribution is 6.26. The normalized spacial score (nSPS) is 11.8. The molecule has 0 aliphatic carbocycles. The third-order valence-corrected chi connectivity index (χ3v) is 10.5. The van der Waals surface area contributed by atoms with Crippen molar-refractivity contribution >= 4 is 65.0 Å². The Balaban J connectivity index is 1.16. The summed E-state index contributed by atoms with van der Waals surface area (Å²) in [5.74, 6) is 1.83. The Morgan fingerprint density at radius 1 is 0.321 bits per heavy atom. The Bertz CT molecular complexity index is 3230. The molecule has 0 atom stereocenters. The molecule has 0 bridgehead atoms. The van der Waals surface area contributed by atoms with E-state index in [1.807, 2.05) is 12.1 Å². The maximum absolute atomic E-state index is 6.73. The predicted molar refractivity (Wildman–Crippen MR) is 219 cm³/mol. The lowest BCUT2D eigenvalue weighted by molar-refractivity contribution is 0.673. The quantitative estimate of drug-likeness (QED) is 0.174. The van der Waals surface area contributed by atoms with E-state index in [0.717, 1.165) is 65.7 Å². The standard InChI is InChI=1S/C49H29N3O/c1-2-13-35-28-37(27-20-30(35)10-1)48-50-47(34-24-21-33(22-25-34)39-18-9-14-31-11-3-5-15-38(31)39)51-49(52-48)42-29-36-26-23-32-12-4-6-16-40(32)44(36)46-45(42)41-17-7-8-19-43(41)53-46/h1-29H. The lowest BCUT2D eigenvalue weighted by Gasteiger charge is -2.12. The summed E-state index contributed by atoms with van der Waals surface area (Å²) < 4.78 is 6.73. The van der Waals surface area contributed by atoms with Crippen LogP contribution in [0.2, 0.25) is 0 Å². The van der Waals surface area contributed by atoms with Crippen LogP contribution < -0.4 is 0 Å². The van der Waals surface area contributed by atoms with Crippen molar-refractivity contribution in [1.82, 2.24) is 15.0 Å². The number of para-hydroxylation sites is 1. The third kappa shape index (κ3) is 4.80. The van der Waals surface area contributed by atoms with Crippen LogP contribution in [-0.4, -0.2) is 15.0 Å². The minimum absolute atomic E-state index is 0.600. The summed E-state index contributed by atoms with van der Waals surface area (Å²) in [6.07, 6.45) is 0. The Hall–Kier alpha value is -7.17. The smallest absolute Gasteiger partial charge is 0.164 e. The average Bonchev–Trinajstić information content (AvgIpc) is 3.62. The van der Waals surface area contributed by atoms with Gasteiger partial charge in [0.15, 0.2) is 17.5 Å². The summed E-state index contributed by atoms with van der Waals surface area (Å²) in [5.41, 5.74) is 6.76. The molecule has 246 valence electrons. The molecule has 4 nitrogen and oxygen atoms in total. The van der Waals surface area contributed by atoms with E-state index < -0.39 is 0 Å². The second-order valence-electron chi connectivity index (χ2n) is 13.6. The highest BCUT2D eigenvalue weighted by Gasteiger charge is 2.21. The van der Waals surface area contributed by atoms with E-state index in [0.29, 0.717) is 17.5 Å². The van der Waals surface area contributed by atoms with Gasteiger partial charge in [0.25, 0.3) is 0 Å². The zero-order valence-corrected chi connectivity index (χ0v) is 28.5. The van der Waals surface area contributed by atoms with Crippen molar-refractivity contribution in [3.05, 3.63) is 176 Å². The molecule has 11 aromatic rings. The van der Waals surface area contributed by atoms with Crippen LogP contribution >= 0.6 is 0 Å². The van der Waals surface area contributed by atoms with Crippen molar-refractivity contribution in [2.45, 2.75) is 0 Å². The van der Waals surface area contributed by atoms with Gasteiger partial charge in [-0.15, -0.1) is 0 Å². The lowest BCUT2D eigenvalue weighted by atomic mass is 9.95. The number of furan rings is 1. The maximum Gasteiger partial charge on any atom is 0.164 e. The summed E-state index contributed by atoms with van der Waals surface area (Å²) in [7, 11) is 0. The Morgan fingerprint density at radius 2 is 0.887 bits per heavy atom. The minimum atomic E-state index is 0.600. The van der Waals surface area contributed by atoms with Gasteiger partial charge in [-0.05, 0) is 67.0 Å². The number of rotatable bonds is 4. The maximum atomic E-state index is 6.73. The van der Waals surface area contributed by atoms with Crippen molar-refractivity contribution in [1.29, 1.82) is 0 Å². The largest absolute Gasteiger partial charge is 0.455 e. The molecule has 0 aliphatic rings. The van der Waals surface area contributed by atoms with Crippen LogP contribution in [0.15, 0.2) is 180 Å². The average molecular weight is 676 g/mol. The van der Waals surface area contributed by atoms with E-state index in [4.69, 9.17) is 19.4 Å². The Labute approximate surface area is 304 Å². The summed E-state index contributed by atoms with van der Waals surface area (Å²) in [6.45, 7) is 0. The molecule has 0 saturated carbocycles. The van der Waals surface area contributed by atoms with Gasteiger partial charge < -0.3 is 4.42 Å². The number of fused-ring (bicyclic) bond motifs is 9. The minimum Gasteiger partial charge on any atom is -0.455 e. The predicted octanol–water partition coefficient (Wildman–Crippen LogP) is 13.1. The molecular formula is C49H29N3O. The zero-order chi connectivity index (χ0) is 34.9. The molecule has 2 aromatic heterocycles. The van der Waals surface area contributed by atoms with Crippen molar-refractivity contribution < 1.29 is 4.42 Å². The van der Waals surface area contributed by atoms with Gasteiger partial charge in [-0.2, -0.15) is 0 Å². The van der Waals surface area contributed by atoms with Crippen LogP contribution in [0.5, 0.6) is 0 Å². The Kier molecular flexibility index (Phi) is 6.52. The van der Waals surface area contributed by atoms with Gasteiger partial charge in [-0.25, -0.2) is 15.0 Å². The van der Waals surface area contributed by atoms with Crippen LogP contribution in [-0.2, 0) is 0 Å². The van der Waals surface area contributed by atoms with Crippen LogP contribution in [0, 0.1) is 0 Å². The highest BCUT2D eigenvalue weighted by Crippen LogP contribution is 2.43. The van der Waals surface area contributed by atoms with Crippen LogP contribution in [0.3, 0.4) is 0 Å². The number of benzene rings is 9. The van der Waals surface area contributed by atoms with E-state index in [-0.39, 0.29) is 0 Å². The second kappa shape index (κ2) is 11.7. The molecule has 0 saturated heterocycles. The molecule has 0 amide bonds. The summed E-state index contributed by atoms with van der Waals surface area (Å²) in [4.78, 5) is 15.6. The van der Waals surface area contributed by atoms with Gasteiger partial charge >= 0.3 is 0 Å². The number of nitrogens with zero attached hydrogens (tertiary/aromatic N) is 3. The third-order valence-electron chi connectivity index (χ3n) is 10.5. The molecule has 9 aromatic carbocycles. The first-order chi connectivity index (χ1) is 26.2. The zero-order valence-electron chi connectivity index (χ0n) is 28.5. The van der Waals surface area contributed by atoms with E-state index in [9.17, 15) is 0 Å². The van der Waals surface area contributed by atoms with E-state index >= 15 is 0 Å². The lowest BCUT2D eigenvalue weighted by Crippen LogP contribution is -2.01. The Morgan fingerprint density at radius 3 is 1.72 bits per heavy atom. The fourth-order valence-corrected chi connectivity index (χ4v) is 7.91. The fraction of sp³-hybridized carbons (Fsp3) is 0. The van der Waals surface area contributed by atoms with Crippen molar-refractivity contribution in [2.75, 3.05) is 0 Å². The fourth-order valence-electron chi connectivity index (χ4n) is 7.91. The van der Waals surface area contributed by atoms with Gasteiger partial charge in [-0.3, -0.25) is 0 Å². The van der Waals surface area contributed by atoms with Crippen molar-refractivity contribution in [3.8, 4) is 45.3 Å². The van der Waals surface area contributed by atoms with E-state index in [2.05, 4.69) is 164 Å². The SMILES string of the molecule is c1ccc2cc(-c3nc(-c4ccc(-c5cccc6ccccc56)cc4)nc(-c4cc5ccc6ccccc6c5c5oc6ccccc6c45)n3)ccc2c1. The van der Waals surface area contributed by atoms with Gasteiger partial charge in [0.05, 0.1) is 0 Å². The molecule has 53 heavy (non-hydrogen) atoms. The van der Waals surface area contributed by atoms with Gasteiger partial charge in [-0.1, -0.05) is 158 Å². The highest BCUT2D eigenvalue weighted by atomic mass is 16.3. The van der Waals surface area contributed by atoms with Crippen molar-refractivity contribution in [2.24, 2.45) is 0 Å². The van der Waals surface area contributed by atoms with Crippen molar-refractivity contribution in [3.63, 3.8) is 0 Å². The van der Waals surface area contributed by atoms with Gasteiger partial charge in [0.1, 0.15) is 11.2 Å². The number of hydrogen-bond donors (Lipinski definition) is 0. The molecule has 0 radical (unpaired) electrons. The first-order valence-corrected chi connectivity index (χ1v) is 17.9. The van der Waals surface area contributed by atoms with Gasteiger partial charge in [0, 0.05) is 32.8 Å². The first-order valence-electron chi connectivity index (χ1n) is 17.9. The number of aromatic nitrogens is 3. The molecule has 0 fully saturated rings. The van der Waals surface area contributed by atoms with Crippen LogP contribution in [0.25, 0.3) is 110 Å². The molecule has 0 spiro atoms. The summed E-state index contributed by atoms with van der Waals surface area (Å²) in [5, 5.41) is 11.3. The van der Waals surface area contributed by atoms with E-state index in [1.54, 1.807) is 0 Å². The molecule has 0 unspecified atom stereocenters. The van der Waals surface area contributed by atoms with Crippen LogP contribution in [0.1, 0.15) is 0 Å². The second-order valence-corrected chi connectivity index (χ2v) is 13.6. The summed E-state index contributed by atoms with van der Waals surface area (Å²) in [6, 6.07) is 61.6. The topological polar surface area (TPSA) is 51.8 Å². The van der Waals surface area contributed by atoms with Gasteiger partial charge in [0.2, 0.25) is 0 Å². The number of hydrogen-bond acceptors (Lipinski definition) is 4. The molecule has 4 heteroatoms. The molecule has 0 aliphatic heterocycles. The van der Waals surface area contributed by atoms with Crippen LogP contribution in [0.4, 0.5) is 0 Å².